The van der Waals surface area contributed by atoms with Gasteiger partial charge in [-0.2, -0.15) is 0 Å². The lowest BCUT2D eigenvalue weighted by molar-refractivity contribution is -0.152. The van der Waals surface area contributed by atoms with Crippen molar-refractivity contribution in [2.24, 2.45) is 5.92 Å². The fraction of sp³-hybridized carbons (Fsp3) is 0.636. The van der Waals surface area contributed by atoms with Gasteiger partial charge in [-0.05, 0) is 43.7 Å². The first kappa shape index (κ1) is 24.3. The van der Waals surface area contributed by atoms with Crippen LogP contribution in [0.15, 0.2) is 23.1 Å². The minimum absolute atomic E-state index is 0.123. The topological polar surface area (TPSA) is 111 Å². The van der Waals surface area contributed by atoms with Crippen molar-refractivity contribution in [2.45, 2.75) is 50.3 Å². The summed E-state index contributed by atoms with van der Waals surface area (Å²) in [7, 11) is -3.65. The third kappa shape index (κ3) is 7.09. The summed E-state index contributed by atoms with van der Waals surface area (Å²) < 4.78 is 43.4. The highest BCUT2D eigenvalue weighted by Gasteiger charge is 2.22. The van der Waals surface area contributed by atoms with Gasteiger partial charge in [-0.1, -0.05) is 13.3 Å². The molecule has 1 fully saturated rings. The second-order valence-electron chi connectivity index (χ2n) is 8.26. The summed E-state index contributed by atoms with van der Waals surface area (Å²) in [5, 5.41) is 0. The molecule has 1 unspecified atom stereocenters. The summed E-state index contributed by atoms with van der Waals surface area (Å²) in [6.45, 7) is 4.44. The van der Waals surface area contributed by atoms with Gasteiger partial charge in [-0.15, -0.1) is 0 Å². The van der Waals surface area contributed by atoms with E-state index in [1.54, 1.807) is 11.0 Å². The molecule has 0 spiro atoms. The summed E-state index contributed by atoms with van der Waals surface area (Å²) in [5.41, 5.74) is 0. The minimum atomic E-state index is -3.65. The van der Waals surface area contributed by atoms with Crippen molar-refractivity contribution in [1.29, 1.82) is 0 Å². The van der Waals surface area contributed by atoms with Gasteiger partial charge in [0.25, 0.3) is 5.91 Å². The number of ether oxygens (including phenoxy) is 3. The largest absolute Gasteiger partial charge is 0.486 e. The monoisotopic (exact) mass is 468 g/mol. The first-order valence-corrected chi connectivity index (χ1v) is 12.7. The van der Waals surface area contributed by atoms with Gasteiger partial charge in [0.1, 0.15) is 13.2 Å². The van der Waals surface area contributed by atoms with Gasteiger partial charge >= 0.3 is 5.97 Å². The standard InChI is InChI=1S/C22H32N2O7S/c1-17-6-5-11-24(15-17)21(25)16-31-22(26)7-3-2-4-10-23-32(27,28)18-8-9-19-20(14-18)30-13-12-29-19/h8-9,14,17,23H,2-7,10-13,15-16H2,1H3. The van der Waals surface area contributed by atoms with Crippen LogP contribution in [0.2, 0.25) is 0 Å². The van der Waals surface area contributed by atoms with Crippen LogP contribution in [-0.2, 0) is 24.3 Å². The van der Waals surface area contributed by atoms with Crippen LogP contribution in [0.4, 0.5) is 0 Å². The Kier molecular flexibility index (Phi) is 8.75. The number of hydrogen-bond donors (Lipinski definition) is 1. The number of fused-ring (bicyclic) bond motifs is 1. The predicted molar refractivity (Wildman–Crippen MR) is 117 cm³/mol. The molecular weight excluding hydrogens is 436 g/mol. The predicted octanol–water partition coefficient (Wildman–Crippen LogP) is 2.10. The fourth-order valence-corrected chi connectivity index (χ4v) is 4.86. The minimum Gasteiger partial charge on any atom is -0.486 e. The Balaban J connectivity index is 1.29. The number of esters is 1. The number of sulfonamides is 1. The maximum absolute atomic E-state index is 12.4. The lowest BCUT2D eigenvalue weighted by Gasteiger charge is -2.30. The number of hydrogen-bond acceptors (Lipinski definition) is 7. The zero-order chi connectivity index (χ0) is 23.0. The van der Waals surface area contributed by atoms with Crippen molar-refractivity contribution in [2.75, 3.05) is 39.5 Å². The maximum Gasteiger partial charge on any atom is 0.306 e. The number of rotatable bonds is 10. The molecule has 1 amide bonds. The molecule has 1 atom stereocenters. The normalized spacial score (nSPS) is 18.3. The van der Waals surface area contributed by atoms with Crippen molar-refractivity contribution in [3.63, 3.8) is 0 Å². The van der Waals surface area contributed by atoms with E-state index in [1.165, 1.54) is 12.1 Å². The molecule has 1 saturated heterocycles. The average molecular weight is 469 g/mol. The van der Waals surface area contributed by atoms with Gasteiger partial charge < -0.3 is 19.1 Å². The molecule has 1 aromatic rings. The Hall–Kier alpha value is -2.33. The van der Waals surface area contributed by atoms with Crippen LogP contribution in [0, 0.1) is 5.92 Å². The molecule has 0 aromatic heterocycles. The SMILES string of the molecule is CC1CCCN(C(=O)COC(=O)CCCCCNS(=O)(=O)c2ccc3c(c2)OCCO3)C1. The lowest BCUT2D eigenvalue weighted by Crippen LogP contribution is -2.41. The number of amides is 1. The van der Waals surface area contributed by atoms with E-state index in [-0.39, 0.29) is 30.4 Å². The molecule has 0 bridgehead atoms. The highest BCUT2D eigenvalue weighted by Crippen LogP contribution is 2.32. The molecule has 2 aliphatic rings. The van der Waals surface area contributed by atoms with Crippen molar-refractivity contribution in [3.05, 3.63) is 18.2 Å². The zero-order valence-electron chi connectivity index (χ0n) is 18.5. The fourth-order valence-electron chi connectivity index (χ4n) is 3.77. The Morgan fingerprint density at radius 2 is 1.94 bits per heavy atom. The van der Waals surface area contributed by atoms with Gasteiger partial charge in [-0.3, -0.25) is 9.59 Å². The van der Waals surface area contributed by atoms with E-state index in [2.05, 4.69) is 11.6 Å². The summed E-state index contributed by atoms with van der Waals surface area (Å²) in [6, 6.07) is 4.53. The molecule has 0 aliphatic carbocycles. The summed E-state index contributed by atoms with van der Waals surface area (Å²) >= 11 is 0. The maximum atomic E-state index is 12.4. The van der Waals surface area contributed by atoms with Crippen molar-refractivity contribution in [3.8, 4) is 11.5 Å². The van der Waals surface area contributed by atoms with Gasteiger partial charge in [0.15, 0.2) is 18.1 Å². The zero-order valence-corrected chi connectivity index (χ0v) is 19.3. The van der Waals surface area contributed by atoms with Crippen LogP contribution >= 0.6 is 0 Å². The number of nitrogens with one attached hydrogen (secondary N) is 1. The molecule has 32 heavy (non-hydrogen) atoms. The van der Waals surface area contributed by atoms with Gasteiger partial charge in [0.05, 0.1) is 4.90 Å². The van der Waals surface area contributed by atoms with Crippen LogP contribution in [0.25, 0.3) is 0 Å². The first-order valence-electron chi connectivity index (χ1n) is 11.2. The molecular formula is C22H32N2O7S. The molecule has 2 aliphatic heterocycles. The summed E-state index contributed by atoms with van der Waals surface area (Å²) in [4.78, 5) is 25.9. The average Bonchev–Trinajstić information content (AvgIpc) is 2.79. The quantitative estimate of drug-likeness (QED) is 0.413. The van der Waals surface area contributed by atoms with E-state index in [9.17, 15) is 18.0 Å². The molecule has 178 valence electrons. The molecule has 1 N–H and O–H groups in total. The number of carbonyl (C=O) groups is 2. The number of benzene rings is 1. The molecule has 3 rings (SSSR count). The number of piperidine rings is 1. The van der Waals surface area contributed by atoms with E-state index in [4.69, 9.17) is 14.2 Å². The van der Waals surface area contributed by atoms with Crippen molar-refractivity contribution >= 4 is 21.9 Å². The van der Waals surface area contributed by atoms with Crippen LogP contribution in [0.5, 0.6) is 11.5 Å². The molecule has 1 aromatic carbocycles. The first-order chi connectivity index (χ1) is 15.3. The summed E-state index contributed by atoms with van der Waals surface area (Å²) in [6.07, 6.45) is 4.13. The molecule has 9 nitrogen and oxygen atoms in total. The molecule has 0 saturated carbocycles. The van der Waals surface area contributed by atoms with Gasteiger partial charge in [-0.25, -0.2) is 13.1 Å². The molecule has 2 heterocycles. The Bertz CT molecular complexity index is 904. The van der Waals surface area contributed by atoms with E-state index < -0.39 is 16.0 Å². The van der Waals surface area contributed by atoms with Gasteiger partial charge in [0, 0.05) is 32.1 Å². The van der Waals surface area contributed by atoms with Crippen LogP contribution in [0.1, 0.15) is 45.4 Å². The Morgan fingerprint density at radius 3 is 2.72 bits per heavy atom. The Morgan fingerprint density at radius 1 is 1.16 bits per heavy atom. The second kappa shape index (κ2) is 11.5. The second-order valence-corrected chi connectivity index (χ2v) is 10.0. The smallest absolute Gasteiger partial charge is 0.306 e. The van der Waals surface area contributed by atoms with E-state index in [1.807, 2.05) is 0 Å². The van der Waals surface area contributed by atoms with E-state index >= 15 is 0 Å². The van der Waals surface area contributed by atoms with Crippen LogP contribution in [0.3, 0.4) is 0 Å². The Labute approximate surface area is 189 Å². The lowest BCUT2D eigenvalue weighted by atomic mass is 10.0. The number of nitrogens with zero attached hydrogens (tertiary/aromatic N) is 1. The third-order valence-corrected chi connectivity index (χ3v) is 7.00. The number of carbonyl (C=O) groups excluding carboxylic acids is 2. The third-order valence-electron chi connectivity index (χ3n) is 5.54. The van der Waals surface area contributed by atoms with Crippen LogP contribution in [-0.4, -0.2) is 64.6 Å². The van der Waals surface area contributed by atoms with Crippen molar-refractivity contribution < 1.29 is 32.2 Å². The van der Waals surface area contributed by atoms with E-state index in [0.29, 0.717) is 49.9 Å². The number of likely N-dealkylation sites (tertiary alicyclic amines) is 1. The highest BCUT2D eigenvalue weighted by molar-refractivity contribution is 7.89. The van der Waals surface area contributed by atoms with Crippen LogP contribution < -0.4 is 14.2 Å². The summed E-state index contributed by atoms with van der Waals surface area (Å²) in [5.74, 6) is 0.898. The van der Waals surface area contributed by atoms with Gasteiger partial charge in [0.2, 0.25) is 10.0 Å². The highest BCUT2D eigenvalue weighted by atomic mass is 32.2. The van der Waals surface area contributed by atoms with E-state index in [0.717, 1.165) is 25.9 Å². The molecule has 10 heteroatoms. The number of unbranched alkanes of at least 4 members (excludes halogenated alkanes) is 2. The van der Waals surface area contributed by atoms with Crippen molar-refractivity contribution in [1.82, 2.24) is 9.62 Å². The molecule has 0 radical (unpaired) electrons.